The van der Waals surface area contributed by atoms with Crippen LogP contribution in [0.1, 0.15) is 11.1 Å². The first-order valence-electron chi connectivity index (χ1n) is 5.18. The summed E-state index contributed by atoms with van der Waals surface area (Å²) in [5.41, 5.74) is 15.4. The Labute approximate surface area is 93.6 Å². The van der Waals surface area contributed by atoms with Crippen molar-refractivity contribution in [3.63, 3.8) is 0 Å². The molecule has 2 aromatic carbocycles. The predicted octanol–water partition coefficient (Wildman–Crippen LogP) is 2.55. The van der Waals surface area contributed by atoms with Gasteiger partial charge in [-0.3, -0.25) is 0 Å². The number of nitrogens with two attached hydrogens (primary N) is 2. The average Bonchev–Trinajstić information content (AvgIpc) is 2.28. The lowest BCUT2D eigenvalue weighted by Crippen LogP contribution is -2.08. The molecule has 1 aliphatic rings. The molecule has 0 radical (unpaired) electrons. The van der Waals surface area contributed by atoms with Crippen LogP contribution in [-0.4, -0.2) is 0 Å². The third kappa shape index (κ3) is 1.21. The quantitative estimate of drug-likeness (QED) is 0.563. The zero-order chi connectivity index (χ0) is 11.1. The van der Waals surface area contributed by atoms with Crippen molar-refractivity contribution >= 4 is 11.4 Å². The lowest BCUT2D eigenvalue weighted by Gasteiger charge is -2.22. The van der Waals surface area contributed by atoms with Crippen molar-refractivity contribution in [3.8, 4) is 11.5 Å². The molecule has 0 bridgehead atoms. The Hall–Kier alpha value is -2.16. The van der Waals surface area contributed by atoms with Gasteiger partial charge in [-0.25, -0.2) is 0 Å². The minimum Gasteiger partial charge on any atom is -0.457 e. The number of anilines is 2. The summed E-state index contributed by atoms with van der Waals surface area (Å²) >= 11 is 0. The zero-order valence-corrected chi connectivity index (χ0v) is 8.73. The summed E-state index contributed by atoms with van der Waals surface area (Å²) in [6.45, 7) is 0. The average molecular weight is 212 g/mol. The van der Waals surface area contributed by atoms with E-state index in [1.165, 1.54) is 0 Å². The third-order valence-corrected chi connectivity index (χ3v) is 2.91. The summed E-state index contributed by atoms with van der Waals surface area (Å²) in [5.74, 6) is 1.66. The van der Waals surface area contributed by atoms with Gasteiger partial charge in [0.15, 0.2) is 0 Å². The SMILES string of the molecule is Nc1cccc2c1Cc1c(N)cccc1O2. The first kappa shape index (κ1) is 9.09. The molecule has 0 unspecified atom stereocenters. The van der Waals surface area contributed by atoms with Gasteiger partial charge >= 0.3 is 0 Å². The molecule has 0 aromatic heterocycles. The number of hydrogen-bond donors (Lipinski definition) is 2. The first-order chi connectivity index (χ1) is 7.75. The van der Waals surface area contributed by atoms with Crippen molar-refractivity contribution < 1.29 is 4.74 Å². The monoisotopic (exact) mass is 212 g/mol. The molecule has 3 heteroatoms. The van der Waals surface area contributed by atoms with Gasteiger partial charge in [0, 0.05) is 28.9 Å². The van der Waals surface area contributed by atoms with E-state index in [-0.39, 0.29) is 0 Å². The molecule has 2 aromatic rings. The molecule has 80 valence electrons. The molecular formula is C13H12N2O. The maximum absolute atomic E-state index is 5.93. The summed E-state index contributed by atoms with van der Waals surface area (Å²) < 4.78 is 5.78. The minimum atomic E-state index is 0.740. The van der Waals surface area contributed by atoms with E-state index >= 15 is 0 Å². The Morgan fingerprint density at radius 1 is 0.812 bits per heavy atom. The standard InChI is InChI=1S/C13H12N2O/c14-10-3-1-5-12-8(10)7-9-11(15)4-2-6-13(9)16-12/h1-6H,7,14-15H2. The first-order valence-corrected chi connectivity index (χ1v) is 5.18. The summed E-state index contributed by atoms with van der Waals surface area (Å²) in [4.78, 5) is 0. The zero-order valence-electron chi connectivity index (χ0n) is 8.73. The third-order valence-electron chi connectivity index (χ3n) is 2.91. The molecular weight excluding hydrogens is 200 g/mol. The second-order valence-corrected chi connectivity index (χ2v) is 3.93. The highest BCUT2D eigenvalue weighted by atomic mass is 16.5. The van der Waals surface area contributed by atoms with Crippen molar-refractivity contribution in [2.45, 2.75) is 6.42 Å². The molecule has 0 spiro atoms. The fourth-order valence-electron chi connectivity index (χ4n) is 2.03. The molecule has 1 heterocycles. The number of nitrogen functional groups attached to an aromatic ring is 2. The molecule has 0 aliphatic carbocycles. The summed E-state index contributed by atoms with van der Waals surface area (Å²) in [5, 5.41) is 0. The van der Waals surface area contributed by atoms with Crippen LogP contribution in [0.2, 0.25) is 0 Å². The van der Waals surface area contributed by atoms with Crippen LogP contribution in [0, 0.1) is 0 Å². The van der Waals surface area contributed by atoms with Gasteiger partial charge in [-0.05, 0) is 24.3 Å². The summed E-state index contributed by atoms with van der Waals surface area (Å²) in [6, 6.07) is 11.4. The van der Waals surface area contributed by atoms with Crippen LogP contribution >= 0.6 is 0 Å². The number of ether oxygens (including phenoxy) is 1. The van der Waals surface area contributed by atoms with E-state index in [1.54, 1.807) is 0 Å². The van der Waals surface area contributed by atoms with Gasteiger partial charge < -0.3 is 16.2 Å². The van der Waals surface area contributed by atoms with Gasteiger partial charge in [0.2, 0.25) is 0 Å². The normalized spacial score (nSPS) is 12.5. The van der Waals surface area contributed by atoms with E-state index in [1.807, 2.05) is 36.4 Å². The fourth-order valence-corrected chi connectivity index (χ4v) is 2.03. The van der Waals surface area contributed by atoms with Crippen LogP contribution in [0.3, 0.4) is 0 Å². The highest BCUT2D eigenvalue weighted by Crippen LogP contribution is 2.40. The molecule has 3 rings (SSSR count). The van der Waals surface area contributed by atoms with Crippen LogP contribution in [0.25, 0.3) is 0 Å². The fraction of sp³-hybridized carbons (Fsp3) is 0.0769. The molecule has 3 nitrogen and oxygen atoms in total. The van der Waals surface area contributed by atoms with Crippen LogP contribution in [0.5, 0.6) is 11.5 Å². The maximum atomic E-state index is 5.93. The molecule has 0 saturated heterocycles. The van der Waals surface area contributed by atoms with Crippen molar-refractivity contribution in [2.75, 3.05) is 11.5 Å². The molecule has 0 amide bonds. The topological polar surface area (TPSA) is 61.3 Å². The van der Waals surface area contributed by atoms with Crippen LogP contribution in [0.15, 0.2) is 36.4 Å². The summed E-state index contributed by atoms with van der Waals surface area (Å²) in [6.07, 6.45) is 0.740. The summed E-state index contributed by atoms with van der Waals surface area (Å²) in [7, 11) is 0. The molecule has 1 aliphatic heterocycles. The number of hydrogen-bond acceptors (Lipinski definition) is 3. The van der Waals surface area contributed by atoms with Crippen molar-refractivity contribution in [3.05, 3.63) is 47.5 Å². The van der Waals surface area contributed by atoms with E-state index < -0.39 is 0 Å². The lowest BCUT2D eigenvalue weighted by molar-refractivity contribution is 0.461. The second kappa shape index (κ2) is 3.17. The van der Waals surface area contributed by atoms with E-state index in [9.17, 15) is 0 Å². The second-order valence-electron chi connectivity index (χ2n) is 3.93. The Morgan fingerprint density at radius 3 is 1.81 bits per heavy atom. The van der Waals surface area contributed by atoms with E-state index in [0.717, 1.165) is 40.4 Å². The Bertz CT molecular complexity index is 514. The molecule has 0 saturated carbocycles. The highest BCUT2D eigenvalue weighted by Gasteiger charge is 2.19. The maximum Gasteiger partial charge on any atom is 0.133 e. The molecule has 16 heavy (non-hydrogen) atoms. The Kier molecular flexibility index (Phi) is 1.80. The number of rotatable bonds is 0. The van der Waals surface area contributed by atoms with Crippen LogP contribution in [-0.2, 0) is 6.42 Å². The lowest BCUT2D eigenvalue weighted by atomic mass is 9.98. The minimum absolute atomic E-state index is 0.740. The molecule has 0 atom stereocenters. The van der Waals surface area contributed by atoms with Crippen LogP contribution in [0.4, 0.5) is 11.4 Å². The predicted molar refractivity (Wildman–Crippen MR) is 64.6 cm³/mol. The van der Waals surface area contributed by atoms with E-state index in [2.05, 4.69) is 0 Å². The van der Waals surface area contributed by atoms with E-state index in [4.69, 9.17) is 16.2 Å². The van der Waals surface area contributed by atoms with Gasteiger partial charge in [0.05, 0.1) is 0 Å². The molecule has 4 N–H and O–H groups in total. The van der Waals surface area contributed by atoms with Gasteiger partial charge in [-0.15, -0.1) is 0 Å². The number of fused-ring (bicyclic) bond motifs is 2. The largest absolute Gasteiger partial charge is 0.457 e. The van der Waals surface area contributed by atoms with Crippen molar-refractivity contribution in [1.82, 2.24) is 0 Å². The highest BCUT2D eigenvalue weighted by molar-refractivity contribution is 5.65. The Morgan fingerprint density at radius 2 is 1.31 bits per heavy atom. The molecule has 0 fully saturated rings. The van der Waals surface area contributed by atoms with E-state index in [0.29, 0.717) is 0 Å². The van der Waals surface area contributed by atoms with Gasteiger partial charge in [0.1, 0.15) is 11.5 Å². The van der Waals surface area contributed by atoms with Gasteiger partial charge in [-0.2, -0.15) is 0 Å². The van der Waals surface area contributed by atoms with Crippen molar-refractivity contribution in [2.24, 2.45) is 0 Å². The van der Waals surface area contributed by atoms with Crippen molar-refractivity contribution in [1.29, 1.82) is 0 Å². The smallest absolute Gasteiger partial charge is 0.133 e. The number of benzene rings is 2. The van der Waals surface area contributed by atoms with Gasteiger partial charge in [0.25, 0.3) is 0 Å². The van der Waals surface area contributed by atoms with Gasteiger partial charge in [-0.1, -0.05) is 12.1 Å². The van der Waals surface area contributed by atoms with Crippen LogP contribution < -0.4 is 16.2 Å². The Balaban J connectivity index is 2.17.